The average molecular weight is 422 g/mol. The molecule has 0 unspecified atom stereocenters. The van der Waals surface area contributed by atoms with Gasteiger partial charge >= 0.3 is 5.91 Å². The highest BCUT2D eigenvalue weighted by atomic mass is 35.5. The van der Waals surface area contributed by atoms with Gasteiger partial charge in [-0.15, -0.1) is 0 Å². The number of aliphatic hydroxyl groups is 1. The van der Waals surface area contributed by atoms with Crippen molar-refractivity contribution in [3.8, 4) is 5.75 Å². The van der Waals surface area contributed by atoms with Crippen LogP contribution >= 0.6 is 11.6 Å². The molecule has 2 heterocycles. The van der Waals surface area contributed by atoms with Gasteiger partial charge < -0.3 is 9.84 Å². The van der Waals surface area contributed by atoms with E-state index in [4.69, 9.17) is 16.3 Å². The van der Waals surface area contributed by atoms with E-state index < -0.39 is 17.7 Å². The Morgan fingerprint density at radius 2 is 1.67 bits per heavy atom. The molecule has 1 atom stereocenters. The maximum absolute atomic E-state index is 13.0. The Labute approximate surface area is 177 Å². The Hall–Kier alpha value is -3.71. The summed E-state index contributed by atoms with van der Waals surface area (Å²) in [6, 6.07) is 13.9. The average Bonchev–Trinajstić information content (AvgIpc) is 3.05. The molecule has 30 heavy (non-hydrogen) atoms. The SMILES string of the molecule is COc1ccc(C(O)=C2C(=O)C(=O)N(c3ncccn3)[C@@H]2c2ccc(Cl)cc2)cc1. The van der Waals surface area contributed by atoms with Gasteiger partial charge in [-0.1, -0.05) is 23.7 Å². The summed E-state index contributed by atoms with van der Waals surface area (Å²) in [5, 5.41) is 11.5. The molecule has 1 N–H and O–H groups in total. The lowest BCUT2D eigenvalue weighted by Gasteiger charge is -2.23. The first-order valence-electron chi connectivity index (χ1n) is 8.99. The van der Waals surface area contributed by atoms with Crippen molar-refractivity contribution in [2.45, 2.75) is 6.04 Å². The van der Waals surface area contributed by atoms with Crippen molar-refractivity contribution in [1.82, 2.24) is 9.97 Å². The fraction of sp³-hybridized carbons (Fsp3) is 0.0909. The molecule has 2 aromatic carbocycles. The fourth-order valence-corrected chi connectivity index (χ4v) is 3.45. The van der Waals surface area contributed by atoms with E-state index in [1.54, 1.807) is 54.6 Å². The van der Waals surface area contributed by atoms with Crippen molar-refractivity contribution in [2.24, 2.45) is 0 Å². The van der Waals surface area contributed by atoms with Gasteiger partial charge in [-0.05, 0) is 48.0 Å². The third-order valence-electron chi connectivity index (χ3n) is 4.76. The first-order valence-corrected chi connectivity index (χ1v) is 9.37. The van der Waals surface area contributed by atoms with Gasteiger partial charge in [-0.3, -0.25) is 14.5 Å². The number of halogens is 1. The summed E-state index contributed by atoms with van der Waals surface area (Å²) in [5.41, 5.74) is 0.905. The van der Waals surface area contributed by atoms with Gasteiger partial charge in [0.1, 0.15) is 11.5 Å². The second-order valence-electron chi connectivity index (χ2n) is 6.50. The predicted molar refractivity (Wildman–Crippen MR) is 111 cm³/mol. The third kappa shape index (κ3) is 3.40. The minimum absolute atomic E-state index is 0.0556. The molecule has 0 saturated carbocycles. The van der Waals surface area contributed by atoms with Crippen LogP contribution in [0.15, 0.2) is 72.6 Å². The van der Waals surface area contributed by atoms with Crippen molar-refractivity contribution in [2.75, 3.05) is 12.0 Å². The highest BCUT2D eigenvalue weighted by Gasteiger charge is 2.48. The van der Waals surface area contributed by atoms with Crippen LogP contribution in [0.5, 0.6) is 5.75 Å². The van der Waals surface area contributed by atoms with E-state index in [9.17, 15) is 14.7 Å². The number of methoxy groups -OCH3 is 1. The number of carbonyl (C=O) groups is 2. The lowest BCUT2D eigenvalue weighted by atomic mass is 9.95. The lowest BCUT2D eigenvalue weighted by molar-refractivity contribution is -0.132. The quantitative estimate of drug-likeness (QED) is 0.391. The number of benzene rings is 2. The van der Waals surface area contributed by atoms with E-state index in [-0.39, 0.29) is 17.3 Å². The van der Waals surface area contributed by atoms with E-state index >= 15 is 0 Å². The van der Waals surface area contributed by atoms with Gasteiger partial charge in [0.05, 0.1) is 18.7 Å². The van der Waals surface area contributed by atoms with Crippen LogP contribution in [0.4, 0.5) is 5.95 Å². The minimum atomic E-state index is -0.910. The van der Waals surface area contributed by atoms with Gasteiger partial charge in [0.15, 0.2) is 0 Å². The van der Waals surface area contributed by atoms with Crippen molar-refractivity contribution in [3.63, 3.8) is 0 Å². The molecule has 0 spiro atoms. The third-order valence-corrected chi connectivity index (χ3v) is 5.01. The van der Waals surface area contributed by atoms with Crippen LogP contribution in [0.2, 0.25) is 5.02 Å². The molecule has 1 amide bonds. The molecule has 1 aromatic heterocycles. The number of hydrogen-bond acceptors (Lipinski definition) is 6. The number of Topliss-reactive ketones (excluding diaryl/α,β-unsaturated/α-hetero) is 1. The van der Waals surface area contributed by atoms with Gasteiger partial charge in [-0.2, -0.15) is 0 Å². The Bertz CT molecular complexity index is 1130. The number of nitrogens with zero attached hydrogens (tertiary/aromatic N) is 3. The van der Waals surface area contributed by atoms with Crippen LogP contribution in [0.25, 0.3) is 5.76 Å². The van der Waals surface area contributed by atoms with Gasteiger partial charge in [-0.25, -0.2) is 9.97 Å². The smallest absolute Gasteiger partial charge is 0.302 e. The number of carbonyl (C=O) groups excluding carboxylic acids is 2. The zero-order valence-electron chi connectivity index (χ0n) is 15.8. The summed E-state index contributed by atoms with van der Waals surface area (Å²) >= 11 is 6.01. The molecule has 0 bridgehead atoms. The van der Waals surface area contributed by atoms with E-state index in [1.807, 2.05) is 0 Å². The van der Waals surface area contributed by atoms with Crippen LogP contribution in [0.3, 0.4) is 0 Å². The van der Waals surface area contributed by atoms with E-state index in [1.165, 1.54) is 24.4 Å². The molecule has 150 valence electrons. The van der Waals surface area contributed by atoms with E-state index in [0.717, 1.165) is 0 Å². The molecule has 3 aromatic rings. The van der Waals surface area contributed by atoms with E-state index in [0.29, 0.717) is 21.9 Å². The zero-order chi connectivity index (χ0) is 21.3. The van der Waals surface area contributed by atoms with Crippen molar-refractivity contribution >= 4 is 35.0 Å². The monoisotopic (exact) mass is 421 g/mol. The van der Waals surface area contributed by atoms with Crippen LogP contribution in [0, 0.1) is 0 Å². The number of ether oxygens (including phenoxy) is 1. The van der Waals surface area contributed by atoms with Gasteiger partial charge in [0.2, 0.25) is 5.95 Å². The number of anilines is 1. The first-order chi connectivity index (χ1) is 14.5. The molecule has 4 rings (SSSR count). The number of amides is 1. The highest BCUT2D eigenvalue weighted by molar-refractivity contribution is 6.51. The van der Waals surface area contributed by atoms with Crippen LogP contribution < -0.4 is 9.64 Å². The molecule has 1 aliphatic heterocycles. The maximum Gasteiger partial charge on any atom is 0.302 e. The summed E-state index contributed by atoms with van der Waals surface area (Å²) in [6.07, 6.45) is 2.95. The standard InChI is InChI=1S/C22H16ClN3O4/c1-30-16-9-5-14(6-10-16)19(27)17-18(13-3-7-15(23)8-4-13)26(21(29)20(17)28)22-24-11-2-12-25-22/h2-12,18,27H,1H3/t18-/m1/s1. The first kappa shape index (κ1) is 19.6. The molecular formula is C22H16ClN3O4. The number of ketones is 1. The molecule has 1 fully saturated rings. The van der Waals surface area contributed by atoms with Crippen molar-refractivity contribution in [1.29, 1.82) is 0 Å². The summed E-state index contributed by atoms with van der Waals surface area (Å²) in [5.74, 6) is -1.28. The maximum atomic E-state index is 13.0. The Morgan fingerprint density at radius 1 is 1.03 bits per heavy atom. The van der Waals surface area contributed by atoms with Crippen LogP contribution in [-0.4, -0.2) is 33.9 Å². The normalized spacial score (nSPS) is 17.9. The number of hydrogen-bond donors (Lipinski definition) is 1. The fourth-order valence-electron chi connectivity index (χ4n) is 3.32. The summed E-state index contributed by atoms with van der Waals surface area (Å²) in [6.45, 7) is 0. The van der Waals surface area contributed by atoms with Crippen LogP contribution in [0.1, 0.15) is 17.2 Å². The molecular weight excluding hydrogens is 406 g/mol. The second kappa shape index (κ2) is 7.96. The summed E-state index contributed by atoms with van der Waals surface area (Å²) < 4.78 is 5.13. The summed E-state index contributed by atoms with van der Waals surface area (Å²) in [4.78, 5) is 35.3. The van der Waals surface area contributed by atoms with Gasteiger partial charge in [0, 0.05) is 23.0 Å². The summed E-state index contributed by atoms with van der Waals surface area (Å²) in [7, 11) is 1.53. The van der Waals surface area contributed by atoms with Crippen LogP contribution in [-0.2, 0) is 9.59 Å². The number of aliphatic hydroxyl groups excluding tert-OH is 1. The van der Waals surface area contributed by atoms with Crippen molar-refractivity contribution < 1.29 is 19.4 Å². The van der Waals surface area contributed by atoms with Gasteiger partial charge in [0.25, 0.3) is 5.78 Å². The molecule has 7 nitrogen and oxygen atoms in total. The molecule has 0 aliphatic carbocycles. The largest absolute Gasteiger partial charge is 0.507 e. The van der Waals surface area contributed by atoms with E-state index in [2.05, 4.69) is 9.97 Å². The molecule has 1 saturated heterocycles. The number of aromatic nitrogens is 2. The highest BCUT2D eigenvalue weighted by Crippen LogP contribution is 2.41. The Balaban J connectivity index is 1.91. The number of rotatable bonds is 4. The van der Waals surface area contributed by atoms with Crippen molar-refractivity contribution in [3.05, 3.63) is 88.7 Å². The predicted octanol–water partition coefficient (Wildman–Crippen LogP) is 3.76. The second-order valence-corrected chi connectivity index (χ2v) is 6.93. The topological polar surface area (TPSA) is 92.6 Å². The molecule has 0 radical (unpaired) electrons. The molecule has 1 aliphatic rings. The lowest BCUT2D eigenvalue weighted by Crippen LogP contribution is -2.31. The zero-order valence-corrected chi connectivity index (χ0v) is 16.6. The minimum Gasteiger partial charge on any atom is -0.507 e. The Morgan fingerprint density at radius 3 is 2.27 bits per heavy atom. The Kier molecular flexibility index (Phi) is 5.20. The molecule has 8 heteroatoms.